The third kappa shape index (κ3) is 2.35. The molecule has 0 radical (unpaired) electrons. The maximum atomic E-state index is 6.20. The molecule has 2 bridgehead atoms. The second-order valence-corrected chi connectivity index (χ2v) is 6.06. The van der Waals surface area contributed by atoms with Gasteiger partial charge in [-0.2, -0.15) is 0 Å². The van der Waals surface area contributed by atoms with Crippen LogP contribution >= 0.6 is 0 Å². The molecule has 3 nitrogen and oxygen atoms in total. The first-order valence-electron chi connectivity index (χ1n) is 7.94. The van der Waals surface area contributed by atoms with Gasteiger partial charge in [-0.25, -0.2) is 0 Å². The summed E-state index contributed by atoms with van der Waals surface area (Å²) in [5.74, 6) is 0.269. The number of hydrogen-bond acceptors (Lipinski definition) is 3. The minimum absolute atomic E-state index is 0.0931. The summed E-state index contributed by atoms with van der Waals surface area (Å²) in [6.07, 6.45) is 0.861. The van der Waals surface area contributed by atoms with Crippen molar-refractivity contribution in [3.05, 3.63) is 71.3 Å². The molecule has 1 saturated heterocycles. The van der Waals surface area contributed by atoms with Crippen molar-refractivity contribution in [1.29, 1.82) is 0 Å². The van der Waals surface area contributed by atoms with Crippen LogP contribution < -0.4 is 5.32 Å². The number of benzene rings is 2. The van der Waals surface area contributed by atoms with E-state index < -0.39 is 0 Å². The topological polar surface area (TPSA) is 30.5 Å². The highest BCUT2D eigenvalue weighted by molar-refractivity contribution is 5.33. The van der Waals surface area contributed by atoms with Gasteiger partial charge in [-0.1, -0.05) is 54.6 Å². The SMILES string of the molecule is CN[C@@H](c1ccccc1)[C@H]1CO[C@H]2Cc3ccccc3[C@@H]1O2. The molecule has 0 saturated carbocycles. The molecule has 0 spiro atoms. The quantitative estimate of drug-likeness (QED) is 0.943. The summed E-state index contributed by atoms with van der Waals surface area (Å²) < 4.78 is 12.2. The Morgan fingerprint density at radius 2 is 1.82 bits per heavy atom. The first-order valence-corrected chi connectivity index (χ1v) is 7.94. The summed E-state index contributed by atoms with van der Waals surface area (Å²) >= 11 is 0. The van der Waals surface area contributed by atoms with Gasteiger partial charge in [0.15, 0.2) is 6.29 Å². The average molecular weight is 295 g/mol. The van der Waals surface area contributed by atoms with E-state index in [-0.39, 0.29) is 24.4 Å². The molecule has 2 heterocycles. The van der Waals surface area contributed by atoms with Gasteiger partial charge in [0.2, 0.25) is 0 Å². The van der Waals surface area contributed by atoms with E-state index in [2.05, 4.69) is 59.9 Å². The van der Waals surface area contributed by atoms with Crippen molar-refractivity contribution in [2.24, 2.45) is 5.92 Å². The van der Waals surface area contributed by atoms with Crippen LogP contribution in [0.5, 0.6) is 0 Å². The highest BCUT2D eigenvalue weighted by atomic mass is 16.7. The van der Waals surface area contributed by atoms with Gasteiger partial charge >= 0.3 is 0 Å². The Hall–Kier alpha value is -1.68. The van der Waals surface area contributed by atoms with Crippen LogP contribution in [0.1, 0.15) is 28.8 Å². The second kappa shape index (κ2) is 5.84. The number of fused-ring (bicyclic) bond motifs is 4. The van der Waals surface area contributed by atoms with Gasteiger partial charge in [-0.15, -0.1) is 0 Å². The molecule has 2 aromatic rings. The fourth-order valence-corrected chi connectivity index (χ4v) is 3.76. The van der Waals surface area contributed by atoms with E-state index in [0.717, 1.165) is 13.0 Å². The van der Waals surface area contributed by atoms with Crippen molar-refractivity contribution in [1.82, 2.24) is 5.32 Å². The van der Waals surface area contributed by atoms with Crippen molar-refractivity contribution in [2.45, 2.75) is 24.9 Å². The van der Waals surface area contributed by atoms with Gasteiger partial charge in [0.25, 0.3) is 0 Å². The maximum absolute atomic E-state index is 6.20. The molecule has 2 aromatic carbocycles. The van der Waals surface area contributed by atoms with E-state index in [1.165, 1.54) is 16.7 Å². The average Bonchev–Trinajstić information content (AvgIpc) is 2.58. The molecule has 2 aliphatic rings. The Labute approximate surface area is 131 Å². The van der Waals surface area contributed by atoms with Crippen LogP contribution in [0.25, 0.3) is 0 Å². The van der Waals surface area contributed by atoms with E-state index in [1.54, 1.807) is 0 Å². The second-order valence-electron chi connectivity index (χ2n) is 6.06. The van der Waals surface area contributed by atoms with E-state index in [4.69, 9.17) is 9.47 Å². The van der Waals surface area contributed by atoms with Gasteiger partial charge in [0.05, 0.1) is 12.7 Å². The van der Waals surface area contributed by atoms with Crippen LogP contribution in [0, 0.1) is 5.92 Å². The minimum atomic E-state index is -0.0931. The number of rotatable bonds is 3. The normalized spacial score (nSPS) is 28.0. The van der Waals surface area contributed by atoms with E-state index >= 15 is 0 Å². The summed E-state index contributed by atoms with van der Waals surface area (Å²) in [7, 11) is 2.01. The molecule has 1 N–H and O–H groups in total. The molecule has 22 heavy (non-hydrogen) atoms. The van der Waals surface area contributed by atoms with Crippen molar-refractivity contribution < 1.29 is 9.47 Å². The van der Waals surface area contributed by atoms with Gasteiger partial charge in [-0.05, 0) is 23.7 Å². The van der Waals surface area contributed by atoms with Gasteiger partial charge in [-0.3, -0.25) is 0 Å². The largest absolute Gasteiger partial charge is 0.352 e. The van der Waals surface area contributed by atoms with Crippen LogP contribution in [-0.4, -0.2) is 19.9 Å². The predicted molar refractivity (Wildman–Crippen MR) is 85.4 cm³/mol. The Bertz CT molecular complexity index is 643. The molecular weight excluding hydrogens is 274 g/mol. The van der Waals surface area contributed by atoms with E-state index in [9.17, 15) is 0 Å². The monoisotopic (exact) mass is 295 g/mol. The lowest BCUT2D eigenvalue weighted by Crippen LogP contribution is -2.44. The van der Waals surface area contributed by atoms with Gasteiger partial charge in [0, 0.05) is 18.4 Å². The zero-order valence-corrected chi connectivity index (χ0v) is 12.7. The lowest BCUT2D eigenvalue weighted by molar-refractivity contribution is -0.250. The molecule has 0 aromatic heterocycles. The van der Waals surface area contributed by atoms with Crippen LogP contribution in [0.2, 0.25) is 0 Å². The van der Waals surface area contributed by atoms with Crippen LogP contribution in [-0.2, 0) is 15.9 Å². The third-order valence-electron chi connectivity index (χ3n) is 4.81. The molecule has 0 aliphatic carbocycles. The summed E-state index contributed by atoms with van der Waals surface area (Å²) in [6.45, 7) is 0.726. The molecule has 3 heteroatoms. The molecule has 114 valence electrons. The molecule has 4 rings (SSSR count). The van der Waals surface area contributed by atoms with Crippen molar-refractivity contribution in [3.8, 4) is 0 Å². The Morgan fingerprint density at radius 1 is 1.05 bits per heavy atom. The Kier molecular flexibility index (Phi) is 3.70. The van der Waals surface area contributed by atoms with E-state index in [0.29, 0.717) is 0 Å². The van der Waals surface area contributed by atoms with Crippen LogP contribution in [0.3, 0.4) is 0 Å². The Morgan fingerprint density at radius 3 is 2.64 bits per heavy atom. The molecular formula is C19H21NO2. The lowest BCUT2D eigenvalue weighted by atomic mass is 9.81. The summed E-state index contributed by atoms with van der Waals surface area (Å²) in [4.78, 5) is 0. The van der Waals surface area contributed by atoms with Crippen molar-refractivity contribution in [3.63, 3.8) is 0 Å². The highest BCUT2D eigenvalue weighted by Crippen LogP contribution is 2.44. The smallest absolute Gasteiger partial charge is 0.162 e. The van der Waals surface area contributed by atoms with E-state index in [1.807, 2.05) is 7.05 Å². The van der Waals surface area contributed by atoms with Crippen molar-refractivity contribution >= 4 is 0 Å². The predicted octanol–water partition coefficient (Wildman–Crippen LogP) is 3.23. The zero-order chi connectivity index (χ0) is 14.9. The third-order valence-corrected chi connectivity index (χ3v) is 4.81. The first-order chi connectivity index (χ1) is 10.9. The minimum Gasteiger partial charge on any atom is -0.352 e. The van der Waals surface area contributed by atoms with Gasteiger partial charge < -0.3 is 14.8 Å². The highest BCUT2D eigenvalue weighted by Gasteiger charge is 2.41. The molecule has 0 unspecified atom stereocenters. The standard InChI is InChI=1S/C19H21NO2/c1-20-18(13-7-3-2-4-8-13)16-12-21-17-11-14-9-5-6-10-15(14)19(16)22-17/h2-10,16-20H,11-12H2,1H3/t16-,17-,18+,19+/m1/s1. The number of ether oxygens (including phenoxy) is 2. The molecule has 1 fully saturated rings. The number of nitrogens with one attached hydrogen (secondary N) is 1. The number of hydrogen-bond donors (Lipinski definition) is 1. The fourth-order valence-electron chi connectivity index (χ4n) is 3.76. The van der Waals surface area contributed by atoms with Crippen LogP contribution in [0.15, 0.2) is 54.6 Å². The molecule has 0 amide bonds. The molecule has 2 aliphatic heterocycles. The first kappa shape index (κ1) is 13.9. The summed E-state index contributed by atoms with van der Waals surface area (Å²) in [5.41, 5.74) is 3.96. The fraction of sp³-hybridized carbons (Fsp3) is 0.368. The maximum Gasteiger partial charge on any atom is 0.162 e. The Balaban J connectivity index is 1.71. The van der Waals surface area contributed by atoms with Crippen molar-refractivity contribution in [2.75, 3.05) is 13.7 Å². The summed E-state index contributed by atoms with van der Waals surface area (Å²) in [6, 6.07) is 19.4. The zero-order valence-electron chi connectivity index (χ0n) is 12.7. The summed E-state index contributed by atoms with van der Waals surface area (Å²) in [5, 5.41) is 3.46. The lowest BCUT2D eigenvalue weighted by Gasteiger charge is -2.44. The van der Waals surface area contributed by atoms with Gasteiger partial charge in [0.1, 0.15) is 0 Å². The molecule has 4 atom stereocenters. The van der Waals surface area contributed by atoms with Crippen LogP contribution in [0.4, 0.5) is 0 Å².